The molecule has 0 aromatic heterocycles. The second kappa shape index (κ2) is 9.10. The number of rotatable bonds is 7. The van der Waals surface area contributed by atoms with E-state index in [4.69, 9.17) is 25.8 Å². The molecule has 0 N–H and O–H groups in total. The summed E-state index contributed by atoms with van der Waals surface area (Å²) < 4.78 is 16.4. The van der Waals surface area contributed by atoms with Crippen molar-refractivity contribution < 1.29 is 19.0 Å². The lowest BCUT2D eigenvalue weighted by atomic mass is 10.2. The molecule has 0 unspecified atom stereocenters. The van der Waals surface area contributed by atoms with Crippen LogP contribution in [0.1, 0.15) is 11.1 Å². The molecule has 3 aromatic carbocycles. The normalized spacial score (nSPS) is 10.3. The molecule has 0 atom stereocenters. The zero-order chi connectivity index (χ0) is 19.1. The van der Waals surface area contributed by atoms with Gasteiger partial charge >= 0.3 is 5.97 Å². The number of carbonyl (C=O) groups excluding carboxylic acids is 1. The third-order valence-electron chi connectivity index (χ3n) is 3.79. The predicted octanol–water partition coefficient (Wildman–Crippen LogP) is 5.21. The lowest BCUT2D eigenvalue weighted by Crippen LogP contribution is -2.17. The summed E-state index contributed by atoms with van der Waals surface area (Å²) in [4.78, 5) is 11.9. The molecule has 0 radical (unpaired) electrons. The van der Waals surface area contributed by atoms with E-state index in [0.717, 1.165) is 11.1 Å². The summed E-state index contributed by atoms with van der Waals surface area (Å²) in [5.74, 6) is 1.22. The van der Waals surface area contributed by atoms with E-state index in [9.17, 15) is 4.79 Å². The number of carbonyl (C=O) groups is 1. The van der Waals surface area contributed by atoms with Gasteiger partial charge in [-0.05, 0) is 60.5 Å². The van der Waals surface area contributed by atoms with Crippen LogP contribution >= 0.6 is 11.6 Å². The van der Waals surface area contributed by atoms with Gasteiger partial charge in [0.15, 0.2) is 6.61 Å². The van der Waals surface area contributed by atoms with E-state index >= 15 is 0 Å². The van der Waals surface area contributed by atoms with Gasteiger partial charge in [-0.3, -0.25) is 0 Å². The van der Waals surface area contributed by atoms with Crippen LogP contribution in [0.4, 0.5) is 0 Å². The highest BCUT2D eigenvalue weighted by atomic mass is 35.5. The summed E-state index contributed by atoms with van der Waals surface area (Å²) >= 11 is 5.96. The molecule has 0 amide bonds. The van der Waals surface area contributed by atoms with Crippen molar-refractivity contribution >= 4 is 17.6 Å². The zero-order valence-electron chi connectivity index (χ0n) is 14.9. The van der Waals surface area contributed by atoms with Gasteiger partial charge in [0, 0.05) is 5.02 Å². The van der Waals surface area contributed by atoms with Crippen LogP contribution in [0.3, 0.4) is 0 Å². The molecule has 0 spiro atoms. The highest BCUT2D eigenvalue weighted by molar-refractivity contribution is 6.31. The van der Waals surface area contributed by atoms with Crippen molar-refractivity contribution in [3.05, 3.63) is 88.9 Å². The molecule has 0 aliphatic rings. The number of hydrogen-bond donors (Lipinski definition) is 0. The monoisotopic (exact) mass is 382 g/mol. The van der Waals surface area contributed by atoms with Crippen LogP contribution in [0.2, 0.25) is 5.02 Å². The Labute approximate surface area is 163 Å². The Balaban J connectivity index is 1.47. The fraction of sp³-hybridized carbons (Fsp3) is 0.136. The SMILES string of the molecule is Cc1cc(OCC(=O)Oc2ccc(OCc3ccccc3)cc2)ccc1Cl. The van der Waals surface area contributed by atoms with E-state index in [1.807, 2.05) is 37.3 Å². The summed E-state index contributed by atoms with van der Waals surface area (Å²) in [5, 5.41) is 0.652. The Hall–Kier alpha value is -2.98. The molecule has 0 aliphatic carbocycles. The number of esters is 1. The van der Waals surface area contributed by atoms with E-state index in [0.29, 0.717) is 28.9 Å². The number of halogens is 1. The summed E-state index contributed by atoms with van der Waals surface area (Å²) in [6.45, 7) is 2.16. The van der Waals surface area contributed by atoms with E-state index in [1.54, 1.807) is 42.5 Å². The van der Waals surface area contributed by atoms with Gasteiger partial charge in [0.25, 0.3) is 0 Å². The average Bonchev–Trinajstić information content (AvgIpc) is 2.69. The van der Waals surface area contributed by atoms with Crippen molar-refractivity contribution in [1.29, 1.82) is 0 Å². The molecule has 0 aliphatic heterocycles. The van der Waals surface area contributed by atoms with Gasteiger partial charge in [-0.2, -0.15) is 0 Å². The summed E-state index contributed by atoms with van der Waals surface area (Å²) in [6.07, 6.45) is 0. The summed E-state index contributed by atoms with van der Waals surface area (Å²) in [7, 11) is 0. The molecule has 0 bridgehead atoms. The Morgan fingerprint density at radius 2 is 1.52 bits per heavy atom. The van der Waals surface area contributed by atoms with Gasteiger partial charge in [-0.15, -0.1) is 0 Å². The van der Waals surface area contributed by atoms with Crippen molar-refractivity contribution in [1.82, 2.24) is 0 Å². The standard InChI is InChI=1S/C22H19ClO4/c1-16-13-20(11-12-21(16)23)26-15-22(24)27-19-9-7-18(8-10-19)25-14-17-5-3-2-4-6-17/h2-13H,14-15H2,1H3. The van der Waals surface area contributed by atoms with Crippen molar-refractivity contribution in [3.63, 3.8) is 0 Å². The van der Waals surface area contributed by atoms with Gasteiger partial charge in [0.1, 0.15) is 23.9 Å². The first-order valence-corrected chi connectivity index (χ1v) is 8.84. The molecule has 27 heavy (non-hydrogen) atoms. The van der Waals surface area contributed by atoms with Gasteiger partial charge < -0.3 is 14.2 Å². The van der Waals surface area contributed by atoms with E-state index in [-0.39, 0.29) is 6.61 Å². The molecule has 138 valence electrons. The average molecular weight is 383 g/mol. The number of benzene rings is 3. The van der Waals surface area contributed by atoms with Crippen LogP contribution < -0.4 is 14.2 Å². The van der Waals surface area contributed by atoms with Crippen LogP contribution in [0, 0.1) is 6.92 Å². The van der Waals surface area contributed by atoms with Crippen LogP contribution in [0.5, 0.6) is 17.2 Å². The topological polar surface area (TPSA) is 44.8 Å². The van der Waals surface area contributed by atoms with Gasteiger partial charge in [-0.25, -0.2) is 4.79 Å². The third-order valence-corrected chi connectivity index (χ3v) is 4.21. The summed E-state index contributed by atoms with van der Waals surface area (Å²) in [6, 6.07) is 22.0. The van der Waals surface area contributed by atoms with E-state index < -0.39 is 5.97 Å². The molecule has 0 heterocycles. The number of ether oxygens (including phenoxy) is 3. The first kappa shape index (κ1) is 18.8. The molecule has 3 aromatic rings. The minimum atomic E-state index is -0.486. The fourth-order valence-electron chi connectivity index (χ4n) is 2.35. The molecule has 3 rings (SSSR count). The van der Waals surface area contributed by atoms with Crippen LogP contribution in [0.15, 0.2) is 72.8 Å². The maximum absolute atomic E-state index is 11.9. The second-order valence-electron chi connectivity index (χ2n) is 5.92. The maximum atomic E-state index is 11.9. The third kappa shape index (κ3) is 5.76. The van der Waals surface area contributed by atoms with Crippen molar-refractivity contribution in [2.75, 3.05) is 6.61 Å². The van der Waals surface area contributed by atoms with Gasteiger partial charge in [-0.1, -0.05) is 41.9 Å². The fourth-order valence-corrected chi connectivity index (χ4v) is 2.47. The van der Waals surface area contributed by atoms with Gasteiger partial charge in [0.2, 0.25) is 0 Å². The van der Waals surface area contributed by atoms with Crippen LogP contribution in [0.25, 0.3) is 0 Å². The zero-order valence-corrected chi connectivity index (χ0v) is 15.6. The minimum absolute atomic E-state index is 0.187. The molecule has 4 nitrogen and oxygen atoms in total. The molecule has 0 fully saturated rings. The first-order chi connectivity index (χ1) is 13.1. The number of aryl methyl sites for hydroxylation is 1. The Morgan fingerprint density at radius 1 is 0.852 bits per heavy atom. The molecular formula is C22H19ClO4. The summed E-state index contributed by atoms with van der Waals surface area (Å²) in [5.41, 5.74) is 1.97. The molecule has 0 saturated carbocycles. The molecular weight excluding hydrogens is 364 g/mol. The van der Waals surface area contributed by atoms with Crippen molar-refractivity contribution in [2.24, 2.45) is 0 Å². The number of hydrogen-bond acceptors (Lipinski definition) is 4. The highest BCUT2D eigenvalue weighted by Crippen LogP contribution is 2.22. The van der Waals surface area contributed by atoms with E-state index in [2.05, 4.69) is 0 Å². The van der Waals surface area contributed by atoms with E-state index in [1.165, 1.54) is 0 Å². The lowest BCUT2D eigenvalue weighted by Gasteiger charge is -2.09. The lowest BCUT2D eigenvalue weighted by molar-refractivity contribution is -0.136. The Bertz CT molecular complexity index is 892. The van der Waals surface area contributed by atoms with Crippen LogP contribution in [-0.4, -0.2) is 12.6 Å². The Morgan fingerprint density at radius 3 is 2.22 bits per heavy atom. The Kier molecular flexibility index (Phi) is 6.34. The minimum Gasteiger partial charge on any atom is -0.489 e. The van der Waals surface area contributed by atoms with Crippen LogP contribution in [-0.2, 0) is 11.4 Å². The van der Waals surface area contributed by atoms with Crippen molar-refractivity contribution in [2.45, 2.75) is 13.5 Å². The maximum Gasteiger partial charge on any atom is 0.349 e. The predicted molar refractivity (Wildman–Crippen MR) is 105 cm³/mol. The second-order valence-corrected chi connectivity index (χ2v) is 6.33. The van der Waals surface area contributed by atoms with Gasteiger partial charge in [0.05, 0.1) is 0 Å². The van der Waals surface area contributed by atoms with Crippen molar-refractivity contribution in [3.8, 4) is 17.2 Å². The smallest absolute Gasteiger partial charge is 0.349 e. The largest absolute Gasteiger partial charge is 0.489 e. The molecule has 0 saturated heterocycles. The molecule has 5 heteroatoms. The highest BCUT2D eigenvalue weighted by Gasteiger charge is 2.07. The first-order valence-electron chi connectivity index (χ1n) is 8.46. The quantitative estimate of drug-likeness (QED) is 0.415.